The zero-order valence-electron chi connectivity index (χ0n) is 16.6. The molecule has 0 aromatic heterocycles. The van der Waals surface area contributed by atoms with Crippen LogP contribution >= 0.6 is 11.6 Å². The summed E-state index contributed by atoms with van der Waals surface area (Å²) in [7, 11) is 0. The Morgan fingerprint density at radius 2 is 1.79 bits per heavy atom. The summed E-state index contributed by atoms with van der Waals surface area (Å²) in [6.45, 7) is 6.96. The Bertz CT molecular complexity index is 710. The first kappa shape index (κ1) is 22.0. The summed E-state index contributed by atoms with van der Waals surface area (Å²) in [4.78, 5) is 37.8. The Labute approximate surface area is 170 Å². The molecule has 8 heteroatoms. The molecule has 2 N–H and O–H groups in total. The van der Waals surface area contributed by atoms with Crippen molar-refractivity contribution in [3.63, 3.8) is 0 Å². The van der Waals surface area contributed by atoms with E-state index in [9.17, 15) is 14.4 Å². The zero-order valence-corrected chi connectivity index (χ0v) is 17.3. The number of alkyl carbamates (subject to hydrolysis) is 1. The van der Waals surface area contributed by atoms with Gasteiger partial charge in [-0.05, 0) is 51.7 Å². The van der Waals surface area contributed by atoms with Crippen molar-refractivity contribution in [3.8, 4) is 0 Å². The van der Waals surface area contributed by atoms with Crippen LogP contribution in [-0.2, 0) is 9.53 Å². The summed E-state index contributed by atoms with van der Waals surface area (Å²) in [5.74, 6) is -0.0237. The monoisotopic (exact) mass is 409 g/mol. The number of ether oxygens (including phenoxy) is 1. The summed E-state index contributed by atoms with van der Waals surface area (Å²) in [6, 6.07) is 6.93. The second-order valence-corrected chi connectivity index (χ2v) is 8.28. The number of nitrogens with one attached hydrogen (secondary N) is 2. The summed E-state index contributed by atoms with van der Waals surface area (Å²) in [5, 5.41) is 5.83. The number of piperidine rings is 1. The second kappa shape index (κ2) is 9.78. The number of hydrogen-bond donors (Lipinski definition) is 2. The Kier molecular flexibility index (Phi) is 7.69. The number of rotatable bonds is 5. The lowest BCUT2D eigenvalue weighted by Crippen LogP contribution is -2.46. The second-order valence-electron chi connectivity index (χ2n) is 7.87. The van der Waals surface area contributed by atoms with E-state index in [4.69, 9.17) is 16.3 Å². The van der Waals surface area contributed by atoms with Gasteiger partial charge in [0.1, 0.15) is 12.1 Å². The van der Waals surface area contributed by atoms with Gasteiger partial charge in [-0.1, -0.05) is 23.7 Å². The fraction of sp³-hybridized carbons (Fsp3) is 0.550. The van der Waals surface area contributed by atoms with Crippen LogP contribution in [0.5, 0.6) is 0 Å². The van der Waals surface area contributed by atoms with Crippen LogP contribution in [-0.4, -0.2) is 54.6 Å². The average molecular weight is 410 g/mol. The molecule has 0 bridgehead atoms. The van der Waals surface area contributed by atoms with Crippen LogP contribution in [0.3, 0.4) is 0 Å². The van der Waals surface area contributed by atoms with E-state index in [0.717, 1.165) is 12.8 Å². The lowest BCUT2D eigenvalue weighted by atomic mass is 9.96. The Hall–Kier alpha value is -2.28. The molecule has 1 aromatic carbocycles. The van der Waals surface area contributed by atoms with Crippen molar-refractivity contribution >= 4 is 29.5 Å². The SMILES string of the molecule is CC(C)(C)OC(=O)NCC(=O)N1CCC(CNC(=O)c2ccccc2Cl)CC1. The van der Waals surface area contributed by atoms with Crippen molar-refractivity contribution in [2.75, 3.05) is 26.2 Å². The molecule has 1 heterocycles. The van der Waals surface area contributed by atoms with Gasteiger partial charge in [-0.3, -0.25) is 9.59 Å². The van der Waals surface area contributed by atoms with Gasteiger partial charge < -0.3 is 20.3 Å². The highest BCUT2D eigenvalue weighted by molar-refractivity contribution is 6.33. The van der Waals surface area contributed by atoms with E-state index in [1.807, 2.05) is 0 Å². The van der Waals surface area contributed by atoms with E-state index in [1.165, 1.54) is 0 Å². The molecule has 1 fully saturated rings. The van der Waals surface area contributed by atoms with Gasteiger partial charge in [0, 0.05) is 19.6 Å². The lowest BCUT2D eigenvalue weighted by Gasteiger charge is -2.32. The van der Waals surface area contributed by atoms with Crippen LogP contribution in [0.1, 0.15) is 44.0 Å². The average Bonchev–Trinajstić information content (AvgIpc) is 2.63. The number of carbonyl (C=O) groups is 3. The first-order valence-electron chi connectivity index (χ1n) is 9.43. The fourth-order valence-corrected chi connectivity index (χ4v) is 3.16. The highest BCUT2D eigenvalue weighted by Gasteiger charge is 2.24. The minimum Gasteiger partial charge on any atom is -0.444 e. The van der Waals surface area contributed by atoms with Crippen molar-refractivity contribution < 1.29 is 19.1 Å². The lowest BCUT2D eigenvalue weighted by molar-refractivity contribution is -0.131. The van der Waals surface area contributed by atoms with Crippen LogP contribution < -0.4 is 10.6 Å². The molecule has 1 aliphatic rings. The number of nitrogens with zero attached hydrogens (tertiary/aromatic N) is 1. The topological polar surface area (TPSA) is 87.7 Å². The molecule has 1 saturated heterocycles. The number of halogens is 1. The molecule has 1 aliphatic heterocycles. The summed E-state index contributed by atoms with van der Waals surface area (Å²) in [6.07, 6.45) is 0.986. The van der Waals surface area contributed by atoms with Gasteiger partial charge in [0.15, 0.2) is 0 Å². The van der Waals surface area contributed by atoms with Crippen molar-refractivity contribution in [2.24, 2.45) is 5.92 Å². The molecule has 7 nitrogen and oxygen atoms in total. The summed E-state index contributed by atoms with van der Waals surface area (Å²) in [5.41, 5.74) is -0.134. The zero-order chi connectivity index (χ0) is 20.7. The Morgan fingerprint density at radius 1 is 1.14 bits per heavy atom. The molecule has 0 atom stereocenters. The quantitative estimate of drug-likeness (QED) is 0.782. The van der Waals surface area contributed by atoms with E-state index in [-0.39, 0.29) is 18.4 Å². The van der Waals surface area contributed by atoms with Gasteiger partial charge in [-0.25, -0.2) is 4.79 Å². The first-order chi connectivity index (χ1) is 13.2. The van der Waals surface area contributed by atoms with Crippen molar-refractivity contribution in [1.82, 2.24) is 15.5 Å². The summed E-state index contributed by atoms with van der Waals surface area (Å²) < 4.78 is 5.12. The van der Waals surface area contributed by atoms with Gasteiger partial charge in [0.25, 0.3) is 5.91 Å². The van der Waals surface area contributed by atoms with Crippen LogP contribution in [0.15, 0.2) is 24.3 Å². The van der Waals surface area contributed by atoms with Crippen molar-refractivity contribution in [1.29, 1.82) is 0 Å². The normalized spacial score (nSPS) is 15.1. The largest absolute Gasteiger partial charge is 0.444 e. The molecule has 154 valence electrons. The molecule has 1 aromatic rings. The maximum atomic E-state index is 12.2. The minimum atomic E-state index is -0.599. The fourth-order valence-electron chi connectivity index (χ4n) is 2.94. The Balaban J connectivity index is 1.69. The molecule has 0 spiro atoms. The van der Waals surface area contributed by atoms with Gasteiger partial charge in [-0.2, -0.15) is 0 Å². The number of benzene rings is 1. The molecular formula is C20H28ClN3O4. The molecule has 28 heavy (non-hydrogen) atoms. The van der Waals surface area contributed by atoms with Gasteiger partial charge in [0.05, 0.1) is 10.6 Å². The predicted molar refractivity (Wildman–Crippen MR) is 107 cm³/mol. The number of carbonyl (C=O) groups excluding carboxylic acids is 3. The highest BCUT2D eigenvalue weighted by Crippen LogP contribution is 2.18. The molecule has 0 radical (unpaired) electrons. The smallest absolute Gasteiger partial charge is 0.408 e. The number of likely N-dealkylation sites (tertiary alicyclic amines) is 1. The third kappa shape index (κ3) is 7.03. The molecule has 0 saturated carbocycles. The van der Waals surface area contributed by atoms with Crippen LogP contribution in [0, 0.1) is 5.92 Å². The Morgan fingerprint density at radius 3 is 2.39 bits per heavy atom. The van der Waals surface area contributed by atoms with E-state index in [1.54, 1.807) is 49.9 Å². The van der Waals surface area contributed by atoms with Crippen LogP contribution in [0.25, 0.3) is 0 Å². The van der Waals surface area contributed by atoms with Crippen LogP contribution in [0.4, 0.5) is 4.79 Å². The van der Waals surface area contributed by atoms with E-state index < -0.39 is 11.7 Å². The standard InChI is InChI=1S/C20H28ClN3O4/c1-20(2,3)28-19(27)23-13-17(25)24-10-8-14(9-11-24)12-22-18(26)15-6-4-5-7-16(15)21/h4-7,14H,8-13H2,1-3H3,(H,22,26)(H,23,27). The molecule has 0 unspecified atom stereocenters. The molecular weight excluding hydrogens is 382 g/mol. The van der Waals surface area contributed by atoms with Gasteiger partial charge in [-0.15, -0.1) is 0 Å². The van der Waals surface area contributed by atoms with E-state index in [0.29, 0.717) is 36.1 Å². The third-order valence-electron chi connectivity index (χ3n) is 4.42. The molecule has 3 amide bonds. The van der Waals surface area contributed by atoms with Crippen LogP contribution in [0.2, 0.25) is 5.02 Å². The maximum absolute atomic E-state index is 12.2. The number of amides is 3. The third-order valence-corrected chi connectivity index (χ3v) is 4.75. The van der Waals surface area contributed by atoms with Gasteiger partial charge in [0.2, 0.25) is 5.91 Å². The maximum Gasteiger partial charge on any atom is 0.408 e. The first-order valence-corrected chi connectivity index (χ1v) is 9.81. The van der Waals surface area contributed by atoms with E-state index in [2.05, 4.69) is 10.6 Å². The predicted octanol–water partition coefficient (Wildman–Crippen LogP) is 2.83. The van der Waals surface area contributed by atoms with E-state index >= 15 is 0 Å². The number of hydrogen-bond acceptors (Lipinski definition) is 4. The van der Waals surface area contributed by atoms with Crippen molar-refractivity contribution in [2.45, 2.75) is 39.2 Å². The minimum absolute atomic E-state index is 0.0805. The molecule has 0 aliphatic carbocycles. The molecule has 2 rings (SSSR count). The summed E-state index contributed by atoms with van der Waals surface area (Å²) >= 11 is 6.04. The van der Waals surface area contributed by atoms with Crippen molar-refractivity contribution in [3.05, 3.63) is 34.9 Å². The highest BCUT2D eigenvalue weighted by atomic mass is 35.5. The van der Waals surface area contributed by atoms with Gasteiger partial charge >= 0.3 is 6.09 Å².